The van der Waals surface area contributed by atoms with Crippen LogP contribution in [0.15, 0.2) is 28.7 Å². The van der Waals surface area contributed by atoms with Crippen molar-refractivity contribution in [1.82, 2.24) is 5.32 Å². The molecule has 0 saturated heterocycles. The van der Waals surface area contributed by atoms with Crippen LogP contribution in [-0.2, 0) is 4.74 Å². The first-order valence-corrected chi connectivity index (χ1v) is 6.97. The largest absolute Gasteiger partial charge is 0.451 e. The van der Waals surface area contributed by atoms with Crippen LogP contribution in [0.2, 0.25) is 0 Å². The van der Waals surface area contributed by atoms with Gasteiger partial charge in [0.2, 0.25) is 0 Å². The van der Waals surface area contributed by atoms with Crippen LogP contribution in [0.3, 0.4) is 0 Å². The van der Waals surface area contributed by atoms with Gasteiger partial charge in [0, 0.05) is 18.5 Å². The predicted molar refractivity (Wildman–Crippen MR) is 79.0 cm³/mol. The highest BCUT2D eigenvalue weighted by Crippen LogP contribution is 2.22. The van der Waals surface area contributed by atoms with E-state index in [4.69, 9.17) is 9.15 Å². The Hall–Kier alpha value is -1.81. The van der Waals surface area contributed by atoms with E-state index in [0.717, 1.165) is 23.0 Å². The zero-order chi connectivity index (χ0) is 14.5. The highest BCUT2D eigenvalue weighted by Gasteiger charge is 2.12. The second-order valence-electron chi connectivity index (χ2n) is 5.13. The fourth-order valence-electron chi connectivity index (χ4n) is 2.00. The second kappa shape index (κ2) is 6.57. The molecule has 1 amide bonds. The van der Waals surface area contributed by atoms with Gasteiger partial charge in [0.05, 0.1) is 6.10 Å². The number of aryl methyl sites for hydroxylation is 1. The zero-order valence-electron chi connectivity index (χ0n) is 12.2. The molecule has 2 rings (SSSR count). The smallest absolute Gasteiger partial charge is 0.287 e. The molecule has 1 heterocycles. The lowest BCUT2D eigenvalue weighted by Gasteiger charge is -2.07. The number of nitrogens with one attached hydrogen (secondary N) is 1. The van der Waals surface area contributed by atoms with Gasteiger partial charge in [-0.25, -0.2) is 0 Å². The molecule has 4 heteroatoms. The van der Waals surface area contributed by atoms with E-state index in [1.807, 2.05) is 39.0 Å². The molecule has 0 spiro atoms. The number of para-hydroxylation sites is 1. The molecule has 0 aliphatic heterocycles. The lowest BCUT2D eigenvalue weighted by Crippen LogP contribution is -2.25. The molecule has 1 aromatic carbocycles. The molecule has 1 N–H and O–H groups in total. The summed E-state index contributed by atoms with van der Waals surface area (Å²) in [7, 11) is 0. The van der Waals surface area contributed by atoms with Crippen molar-refractivity contribution in [2.75, 3.05) is 13.2 Å². The minimum atomic E-state index is -0.176. The number of benzene rings is 1. The standard InChI is InChI=1S/C16H21NO3/c1-11(2)19-9-5-8-17-16(18)14-10-13-7-4-6-12(3)15(13)20-14/h4,6-7,10-11H,5,8-9H2,1-3H3,(H,17,18). The lowest BCUT2D eigenvalue weighted by atomic mass is 10.2. The van der Waals surface area contributed by atoms with Gasteiger partial charge in [-0.1, -0.05) is 18.2 Å². The summed E-state index contributed by atoms with van der Waals surface area (Å²) in [4.78, 5) is 12.0. The monoisotopic (exact) mass is 275 g/mol. The summed E-state index contributed by atoms with van der Waals surface area (Å²) in [6, 6.07) is 7.65. The van der Waals surface area contributed by atoms with Crippen molar-refractivity contribution < 1.29 is 13.9 Å². The van der Waals surface area contributed by atoms with Crippen molar-refractivity contribution in [3.8, 4) is 0 Å². The molecular formula is C16H21NO3. The molecular weight excluding hydrogens is 254 g/mol. The van der Waals surface area contributed by atoms with Crippen molar-refractivity contribution in [2.45, 2.75) is 33.3 Å². The molecule has 20 heavy (non-hydrogen) atoms. The van der Waals surface area contributed by atoms with Crippen LogP contribution in [0, 0.1) is 6.92 Å². The number of ether oxygens (including phenoxy) is 1. The van der Waals surface area contributed by atoms with Gasteiger partial charge in [0.15, 0.2) is 5.76 Å². The Labute approximate surface area is 119 Å². The van der Waals surface area contributed by atoms with Crippen molar-refractivity contribution in [3.63, 3.8) is 0 Å². The summed E-state index contributed by atoms with van der Waals surface area (Å²) in [6.07, 6.45) is 1.02. The van der Waals surface area contributed by atoms with E-state index in [0.29, 0.717) is 18.9 Å². The van der Waals surface area contributed by atoms with E-state index in [1.165, 1.54) is 0 Å². The molecule has 1 aromatic heterocycles. The van der Waals surface area contributed by atoms with Crippen molar-refractivity contribution in [2.24, 2.45) is 0 Å². The summed E-state index contributed by atoms with van der Waals surface area (Å²) in [5.74, 6) is 0.184. The van der Waals surface area contributed by atoms with E-state index in [-0.39, 0.29) is 12.0 Å². The average Bonchev–Trinajstić information content (AvgIpc) is 2.83. The molecule has 0 atom stereocenters. The van der Waals surface area contributed by atoms with E-state index >= 15 is 0 Å². The molecule has 0 saturated carbocycles. The van der Waals surface area contributed by atoms with E-state index in [9.17, 15) is 4.79 Å². The number of hydrogen-bond acceptors (Lipinski definition) is 3. The summed E-state index contributed by atoms with van der Waals surface area (Å²) < 4.78 is 11.0. The van der Waals surface area contributed by atoms with Crippen LogP contribution in [-0.4, -0.2) is 25.2 Å². The van der Waals surface area contributed by atoms with Gasteiger partial charge in [-0.3, -0.25) is 4.79 Å². The highest BCUT2D eigenvalue weighted by molar-refractivity contribution is 5.96. The number of amides is 1. The van der Waals surface area contributed by atoms with Gasteiger partial charge < -0.3 is 14.5 Å². The molecule has 108 valence electrons. The Balaban J connectivity index is 1.90. The molecule has 0 aliphatic rings. The summed E-state index contributed by atoms with van der Waals surface area (Å²) in [5.41, 5.74) is 1.81. The van der Waals surface area contributed by atoms with Crippen LogP contribution in [0.1, 0.15) is 36.4 Å². The number of hydrogen-bond donors (Lipinski definition) is 1. The fourth-order valence-corrected chi connectivity index (χ4v) is 2.00. The van der Waals surface area contributed by atoms with Crippen LogP contribution >= 0.6 is 0 Å². The zero-order valence-corrected chi connectivity index (χ0v) is 12.2. The molecule has 0 fully saturated rings. The molecule has 0 radical (unpaired) electrons. The molecule has 2 aromatic rings. The summed E-state index contributed by atoms with van der Waals surface area (Å²) >= 11 is 0. The lowest BCUT2D eigenvalue weighted by molar-refractivity contribution is 0.0753. The maximum Gasteiger partial charge on any atom is 0.287 e. The van der Waals surface area contributed by atoms with Crippen molar-refractivity contribution in [3.05, 3.63) is 35.6 Å². The molecule has 0 unspecified atom stereocenters. The molecule has 4 nitrogen and oxygen atoms in total. The third-order valence-electron chi connectivity index (χ3n) is 3.02. The van der Waals surface area contributed by atoms with Crippen LogP contribution < -0.4 is 5.32 Å². The Bertz CT molecular complexity index is 586. The van der Waals surface area contributed by atoms with Gasteiger partial charge in [-0.05, 0) is 38.8 Å². The first-order valence-electron chi connectivity index (χ1n) is 6.97. The third kappa shape index (κ3) is 3.61. The first-order chi connectivity index (χ1) is 9.58. The van der Waals surface area contributed by atoms with E-state index in [2.05, 4.69) is 5.32 Å². The third-order valence-corrected chi connectivity index (χ3v) is 3.02. The quantitative estimate of drug-likeness (QED) is 0.823. The van der Waals surface area contributed by atoms with Gasteiger partial charge in [0.1, 0.15) is 5.58 Å². The average molecular weight is 275 g/mol. The van der Waals surface area contributed by atoms with E-state index < -0.39 is 0 Å². The SMILES string of the molecule is Cc1cccc2cc(C(=O)NCCCOC(C)C)oc12. The van der Waals surface area contributed by atoms with Crippen molar-refractivity contribution >= 4 is 16.9 Å². The summed E-state index contributed by atoms with van der Waals surface area (Å²) in [6.45, 7) is 7.19. The number of furan rings is 1. The normalized spacial score (nSPS) is 11.2. The maximum atomic E-state index is 12.0. The summed E-state index contributed by atoms with van der Waals surface area (Å²) in [5, 5.41) is 3.80. The van der Waals surface area contributed by atoms with E-state index in [1.54, 1.807) is 6.07 Å². The minimum Gasteiger partial charge on any atom is -0.451 e. The van der Waals surface area contributed by atoms with Gasteiger partial charge in [-0.2, -0.15) is 0 Å². The Morgan fingerprint density at radius 2 is 2.20 bits per heavy atom. The predicted octanol–water partition coefficient (Wildman–Crippen LogP) is 3.29. The van der Waals surface area contributed by atoms with Gasteiger partial charge in [0.25, 0.3) is 5.91 Å². The minimum absolute atomic E-state index is 0.176. The number of carbonyl (C=O) groups excluding carboxylic acids is 1. The Morgan fingerprint density at radius 3 is 2.90 bits per heavy atom. The van der Waals surface area contributed by atoms with Crippen molar-refractivity contribution in [1.29, 1.82) is 0 Å². The van der Waals surface area contributed by atoms with Gasteiger partial charge >= 0.3 is 0 Å². The van der Waals surface area contributed by atoms with Crippen LogP contribution in [0.25, 0.3) is 11.0 Å². The highest BCUT2D eigenvalue weighted by atomic mass is 16.5. The van der Waals surface area contributed by atoms with Crippen LogP contribution in [0.5, 0.6) is 0 Å². The topological polar surface area (TPSA) is 51.5 Å². The Kier molecular flexibility index (Phi) is 4.79. The Morgan fingerprint density at radius 1 is 1.40 bits per heavy atom. The molecule has 0 bridgehead atoms. The van der Waals surface area contributed by atoms with Crippen LogP contribution in [0.4, 0.5) is 0 Å². The number of carbonyl (C=O) groups is 1. The maximum absolute atomic E-state index is 12.0. The number of fused-ring (bicyclic) bond motifs is 1. The van der Waals surface area contributed by atoms with Gasteiger partial charge in [-0.15, -0.1) is 0 Å². The fraction of sp³-hybridized carbons (Fsp3) is 0.438. The first kappa shape index (κ1) is 14.6. The second-order valence-corrected chi connectivity index (χ2v) is 5.13. The molecule has 0 aliphatic carbocycles. The number of rotatable bonds is 6.